The lowest BCUT2D eigenvalue weighted by atomic mass is 9.47. The van der Waals surface area contributed by atoms with E-state index < -0.39 is 20.8 Å². The molecule has 2 aromatic rings. The Labute approximate surface area is 239 Å². The van der Waals surface area contributed by atoms with Gasteiger partial charge >= 0.3 is 6.18 Å². The molecule has 40 heavy (non-hydrogen) atoms. The van der Waals surface area contributed by atoms with Crippen molar-refractivity contribution < 1.29 is 22.7 Å². The first-order valence-electron chi connectivity index (χ1n) is 14.9. The fourth-order valence-corrected chi connectivity index (χ4v) is 8.98. The van der Waals surface area contributed by atoms with Crippen LogP contribution < -0.4 is 4.43 Å². The quantitative estimate of drug-likeness (QED) is 0.321. The molecule has 0 spiro atoms. The maximum Gasteiger partial charge on any atom is 0.416 e. The first-order chi connectivity index (χ1) is 18.8. The molecule has 0 heterocycles. The molecule has 6 rings (SSSR count). The van der Waals surface area contributed by atoms with E-state index in [1.807, 2.05) is 6.08 Å². The third-order valence-corrected chi connectivity index (χ3v) is 10.1. The van der Waals surface area contributed by atoms with Crippen LogP contribution in [0.3, 0.4) is 0 Å². The maximum atomic E-state index is 13.3. The summed E-state index contributed by atoms with van der Waals surface area (Å²) in [4.78, 5) is 0. The highest BCUT2D eigenvalue weighted by Gasteiger charge is 2.53. The summed E-state index contributed by atoms with van der Waals surface area (Å²) in [6.45, 7) is 11.0. The van der Waals surface area contributed by atoms with Crippen LogP contribution in [0.1, 0.15) is 93.5 Å². The summed E-state index contributed by atoms with van der Waals surface area (Å²) < 4.78 is 46.5. The third-order valence-electron chi connectivity index (χ3n) is 9.44. The van der Waals surface area contributed by atoms with Gasteiger partial charge in [-0.25, -0.2) is 0 Å². The first kappa shape index (κ1) is 29.4. The van der Waals surface area contributed by atoms with E-state index in [-0.39, 0.29) is 17.4 Å². The molecule has 6 heteroatoms. The number of hydrogen-bond acceptors (Lipinski definition) is 2. The molecule has 0 aliphatic heterocycles. The molecule has 4 bridgehead atoms. The minimum Gasteiger partial charge on any atom is -0.542 e. The molecular weight excluding hydrogens is 525 g/mol. The van der Waals surface area contributed by atoms with Gasteiger partial charge in [0.1, 0.15) is 5.75 Å². The second-order valence-electron chi connectivity index (χ2n) is 13.9. The fourth-order valence-electron chi connectivity index (χ4n) is 8.34. The Bertz CT molecular complexity index is 1220. The highest BCUT2D eigenvalue weighted by atomic mass is 28.3. The number of aliphatic hydroxyl groups excluding tert-OH is 1. The summed E-state index contributed by atoms with van der Waals surface area (Å²) in [5, 5.41) is 10.0. The summed E-state index contributed by atoms with van der Waals surface area (Å²) in [7, 11) is -1.03. The topological polar surface area (TPSA) is 29.5 Å². The van der Waals surface area contributed by atoms with Crippen LogP contribution in [-0.4, -0.2) is 20.8 Å². The van der Waals surface area contributed by atoms with E-state index in [1.54, 1.807) is 6.07 Å². The molecule has 0 atom stereocenters. The van der Waals surface area contributed by atoms with E-state index in [9.17, 15) is 18.3 Å². The van der Waals surface area contributed by atoms with Crippen LogP contribution in [0.25, 0.3) is 5.57 Å². The molecule has 4 fully saturated rings. The van der Waals surface area contributed by atoms with E-state index in [0.717, 1.165) is 41.2 Å². The Kier molecular flexibility index (Phi) is 8.08. The second kappa shape index (κ2) is 11.0. The Morgan fingerprint density at radius 2 is 1.62 bits per heavy atom. The highest BCUT2D eigenvalue weighted by molar-refractivity contribution is 6.49. The number of halogens is 3. The molecule has 0 amide bonds. The molecule has 1 N–H and O–H groups in total. The lowest BCUT2D eigenvalue weighted by molar-refractivity contribution is -0.137. The largest absolute Gasteiger partial charge is 0.542 e. The van der Waals surface area contributed by atoms with Gasteiger partial charge in [-0.2, -0.15) is 13.2 Å². The van der Waals surface area contributed by atoms with Crippen molar-refractivity contribution in [1.29, 1.82) is 0 Å². The molecule has 4 aliphatic carbocycles. The number of aliphatic hydroxyl groups is 1. The minimum absolute atomic E-state index is 0.0779. The summed E-state index contributed by atoms with van der Waals surface area (Å²) in [6.07, 6.45) is 6.92. The molecule has 2 aromatic carbocycles. The molecule has 1 radical (unpaired) electrons. The predicted molar refractivity (Wildman–Crippen MR) is 158 cm³/mol. The molecule has 4 saturated carbocycles. The average Bonchev–Trinajstić information content (AvgIpc) is 2.85. The van der Waals surface area contributed by atoms with Crippen molar-refractivity contribution in [2.45, 2.75) is 102 Å². The molecule has 0 saturated heterocycles. The monoisotopic (exact) mass is 569 g/mol. The lowest BCUT2D eigenvalue weighted by Crippen LogP contribution is -2.49. The number of allylic oxidation sites excluding steroid dienone is 1. The normalized spacial score (nSPS) is 26.6. The van der Waals surface area contributed by atoms with Crippen LogP contribution in [0, 0.1) is 17.8 Å². The molecule has 217 valence electrons. The fraction of sp³-hybridized carbons (Fsp3) is 0.588. The van der Waals surface area contributed by atoms with Crippen molar-refractivity contribution >= 4 is 14.6 Å². The standard InChI is InChI=1S/C34H44F3O2Si/c1-32(2,3)30-29(33-18-22-14-23(19-33)16-24(15-22)20-33)13-12-25(31(30)39-40(4)5)8-6-10-27(21-38)26-9-7-11-28(17-26)34(35,36)37/h7,9-13,17,22-24,38H,6,8,14-16,18-21H2,1-5H3/b27-10+. The van der Waals surface area contributed by atoms with E-state index in [4.69, 9.17) is 4.43 Å². The Hall–Kier alpha value is -2.05. The smallest absolute Gasteiger partial charge is 0.416 e. The number of rotatable bonds is 8. The van der Waals surface area contributed by atoms with Gasteiger partial charge in [0.2, 0.25) is 0 Å². The molecule has 4 aliphatic rings. The third kappa shape index (κ3) is 5.94. The molecule has 2 nitrogen and oxygen atoms in total. The van der Waals surface area contributed by atoms with Crippen LogP contribution in [-0.2, 0) is 23.4 Å². The van der Waals surface area contributed by atoms with Crippen molar-refractivity contribution in [3.8, 4) is 5.75 Å². The Morgan fingerprint density at radius 3 is 2.15 bits per heavy atom. The molecule has 0 aromatic heterocycles. The van der Waals surface area contributed by atoms with Gasteiger partial charge in [0, 0.05) is 5.56 Å². The highest BCUT2D eigenvalue weighted by Crippen LogP contribution is 2.62. The van der Waals surface area contributed by atoms with Gasteiger partial charge in [0.05, 0.1) is 12.2 Å². The second-order valence-corrected chi connectivity index (χ2v) is 16.0. The van der Waals surface area contributed by atoms with Gasteiger partial charge in [-0.3, -0.25) is 0 Å². The van der Waals surface area contributed by atoms with Crippen molar-refractivity contribution in [2.24, 2.45) is 17.8 Å². The zero-order valence-electron chi connectivity index (χ0n) is 24.6. The van der Waals surface area contributed by atoms with Gasteiger partial charge in [-0.05, 0) is 127 Å². The predicted octanol–water partition coefficient (Wildman–Crippen LogP) is 9.11. The number of benzene rings is 2. The molecule has 0 unspecified atom stereocenters. The maximum absolute atomic E-state index is 13.3. The van der Waals surface area contributed by atoms with Crippen molar-refractivity contribution in [2.75, 3.05) is 6.61 Å². The SMILES string of the molecule is C[Si](C)Oc1c(CC/C=C(\CO)c2cccc(C(F)(F)F)c2)ccc(C23CC4CC(CC(C4)C2)C3)c1C(C)(C)C. The van der Waals surface area contributed by atoms with Crippen LogP contribution in [0.15, 0.2) is 42.5 Å². The summed E-state index contributed by atoms with van der Waals surface area (Å²) in [5.74, 6) is 3.62. The van der Waals surface area contributed by atoms with Crippen molar-refractivity contribution in [3.63, 3.8) is 0 Å². The summed E-state index contributed by atoms with van der Waals surface area (Å²) >= 11 is 0. The average molecular weight is 570 g/mol. The van der Waals surface area contributed by atoms with Gasteiger partial charge in [0.25, 0.3) is 9.04 Å². The Balaban J connectivity index is 1.49. The minimum atomic E-state index is -4.41. The van der Waals surface area contributed by atoms with E-state index in [2.05, 4.69) is 46.0 Å². The van der Waals surface area contributed by atoms with E-state index in [0.29, 0.717) is 24.0 Å². The zero-order valence-corrected chi connectivity index (χ0v) is 25.6. The number of alkyl halides is 3. The number of hydrogen-bond donors (Lipinski definition) is 1. The van der Waals surface area contributed by atoms with Crippen LogP contribution in [0.2, 0.25) is 13.1 Å². The Morgan fingerprint density at radius 1 is 1.00 bits per heavy atom. The van der Waals surface area contributed by atoms with Crippen LogP contribution in [0.5, 0.6) is 5.75 Å². The summed E-state index contributed by atoms with van der Waals surface area (Å²) in [6, 6.07) is 9.88. The van der Waals surface area contributed by atoms with Crippen LogP contribution in [0.4, 0.5) is 13.2 Å². The first-order valence-corrected chi connectivity index (χ1v) is 17.3. The van der Waals surface area contributed by atoms with Crippen LogP contribution >= 0.6 is 0 Å². The van der Waals surface area contributed by atoms with Crippen molar-refractivity contribution in [3.05, 3.63) is 70.3 Å². The zero-order chi connectivity index (χ0) is 28.9. The van der Waals surface area contributed by atoms with Crippen molar-refractivity contribution in [1.82, 2.24) is 0 Å². The van der Waals surface area contributed by atoms with Gasteiger partial charge in [0.15, 0.2) is 0 Å². The van der Waals surface area contributed by atoms with Gasteiger partial charge in [-0.15, -0.1) is 0 Å². The molecular formula is C34H44F3O2Si. The van der Waals surface area contributed by atoms with Gasteiger partial charge in [-0.1, -0.05) is 51.1 Å². The summed E-state index contributed by atoms with van der Waals surface area (Å²) in [5.41, 5.74) is 4.44. The van der Waals surface area contributed by atoms with E-state index >= 15 is 0 Å². The number of aryl methyl sites for hydroxylation is 1. The van der Waals surface area contributed by atoms with Gasteiger partial charge < -0.3 is 9.53 Å². The lowest BCUT2D eigenvalue weighted by Gasteiger charge is -2.58. The van der Waals surface area contributed by atoms with E-state index in [1.165, 1.54) is 55.7 Å².